The van der Waals surface area contributed by atoms with Crippen LogP contribution in [-0.4, -0.2) is 30.5 Å². The van der Waals surface area contributed by atoms with Crippen LogP contribution in [0.15, 0.2) is 12.4 Å². The van der Waals surface area contributed by atoms with Crippen LogP contribution in [0.4, 0.5) is 0 Å². The lowest BCUT2D eigenvalue weighted by molar-refractivity contribution is 0.161. The van der Waals surface area contributed by atoms with Gasteiger partial charge in [0.15, 0.2) is 0 Å². The quantitative estimate of drug-likeness (QED) is 0.875. The van der Waals surface area contributed by atoms with Crippen LogP contribution in [0.5, 0.6) is 0 Å². The summed E-state index contributed by atoms with van der Waals surface area (Å²) >= 11 is 0. The Bertz CT molecular complexity index is 570. The summed E-state index contributed by atoms with van der Waals surface area (Å²) in [5.74, 6) is 0.958. The van der Waals surface area contributed by atoms with Gasteiger partial charge in [0.1, 0.15) is 5.82 Å². The van der Waals surface area contributed by atoms with Gasteiger partial charge in [-0.1, -0.05) is 0 Å². The van der Waals surface area contributed by atoms with Crippen LogP contribution in [0.1, 0.15) is 36.1 Å². The Kier molecular flexibility index (Phi) is 4.60. The molecule has 0 spiro atoms. The van der Waals surface area contributed by atoms with Gasteiger partial charge < -0.3 is 9.67 Å². The van der Waals surface area contributed by atoms with Crippen LogP contribution in [0.2, 0.25) is 0 Å². The summed E-state index contributed by atoms with van der Waals surface area (Å²) in [5.41, 5.74) is 3.50. The lowest BCUT2D eigenvalue weighted by atomic mass is 10.0. The summed E-state index contributed by atoms with van der Waals surface area (Å²) in [7, 11) is 1.96. The lowest BCUT2D eigenvalue weighted by Gasteiger charge is -2.11. The van der Waals surface area contributed by atoms with Gasteiger partial charge in [-0.3, -0.25) is 4.68 Å². The second kappa shape index (κ2) is 6.22. The van der Waals surface area contributed by atoms with Crippen LogP contribution in [0.25, 0.3) is 0 Å². The molecular formula is C15H24N4O. The smallest absolute Gasteiger partial charge is 0.111 e. The highest BCUT2D eigenvalue weighted by Crippen LogP contribution is 2.16. The van der Waals surface area contributed by atoms with E-state index in [0.29, 0.717) is 6.42 Å². The summed E-state index contributed by atoms with van der Waals surface area (Å²) in [5, 5.41) is 14.6. The van der Waals surface area contributed by atoms with E-state index in [-0.39, 0.29) is 6.10 Å². The largest absolute Gasteiger partial charge is 0.393 e. The molecule has 0 aliphatic rings. The van der Waals surface area contributed by atoms with Gasteiger partial charge in [-0.05, 0) is 39.2 Å². The maximum atomic E-state index is 10.2. The Labute approximate surface area is 120 Å². The average molecular weight is 276 g/mol. The fraction of sp³-hybridized carbons (Fsp3) is 0.600. The van der Waals surface area contributed by atoms with Crippen LogP contribution in [0.3, 0.4) is 0 Å². The average Bonchev–Trinajstić information content (AvgIpc) is 2.94. The van der Waals surface area contributed by atoms with Crippen LogP contribution >= 0.6 is 0 Å². The highest BCUT2D eigenvalue weighted by molar-refractivity contribution is 5.24. The summed E-state index contributed by atoms with van der Waals surface area (Å²) in [4.78, 5) is 4.31. The number of aliphatic hydroxyl groups is 1. The summed E-state index contributed by atoms with van der Waals surface area (Å²) in [6, 6.07) is 0. The monoisotopic (exact) mass is 276 g/mol. The minimum absolute atomic E-state index is 0.360. The molecule has 2 heterocycles. The third-order valence-corrected chi connectivity index (χ3v) is 3.95. The number of aromatic nitrogens is 4. The summed E-state index contributed by atoms with van der Waals surface area (Å²) in [6.45, 7) is 7.08. The first kappa shape index (κ1) is 14.8. The Hall–Kier alpha value is -1.62. The van der Waals surface area contributed by atoms with Crippen molar-refractivity contribution in [2.24, 2.45) is 7.05 Å². The predicted molar refractivity (Wildman–Crippen MR) is 78.6 cm³/mol. The van der Waals surface area contributed by atoms with E-state index >= 15 is 0 Å². The van der Waals surface area contributed by atoms with Gasteiger partial charge in [-0.25, -0.2) is 4.98 Å². The first-order valence-electron chi connectivity index (χ1n) is 7.20. The first-order chi connectivity index (χ1) is 9.52. The molecule has 0 aliphatic carbocycles. The zero-order chi connectivity index (χ0) is 14.7. The fourth-order valence-electron chi connectivity index (χ4n) is 2.62. The van der Waals surface area contributed by atoms with Crippen molar-refractivity contribution < 1.29 is 5.11 Å². The molecule has 0 saturated carbocycles. The van der Waals surface area contributed by atoms with E-state index in [2.05, 4.69) is 28.5 Å². The maximum Gasteiger partial charge on any atom is 0.111 e. The van der Waals surface area contributed by atoms with Crippen molar-refractivity contribution in [3.8, 4) is 0 Å². The van der Waals surface area contributed by atoms with E-state index in [1.54, 1.807) is 6.20 Å². The van der Waals surface area contributed by atoms with Gasteiger partial charge in [-0.15, -0.1) is 0 Å². The molecule has 1 N–H and O–H groups in total. The molecule has 2 aromatic rings. The Balaban J connectivity index is 1.94. The number of hydrogen-bond donors (Lipinski definition) is 1. The zero-order valence-electron chi connectivity index (χ0n) is 12.8. The highest BCUT2D eigenvalue weighted by Gasteiger charge is 2.14. The molecule has 0 amide bonds. The van der Waals surface area contributed by atoms with E-state index in [9.17, 15) is 5.11 Å². The van der Waals surface area contributed by atoms with E-state index < -0.39 is 0 Å². The van der Waals surface area contributed by atoms with Gasteiger partial charge in [0, 0.05) is 38.1 Å². The molecule has 1 atom stereocenters. The van der Waals surface area contributed by atoms with Crippen molar-refractivity contribution in [1.29, 1.82) is 0 Å². The molecule has 0 radical (unpaired) electrons. The molecule has 0 fully saturated rings. The molecule has 5 heteroatoms. The van der Waals surface area contributed by atoms with Crippen molar-refractivity contribution in [3.05, 3.63) is 35.2 Å². The minimum atomic E-state index is -0.360. The number of hydrogen-bond acceptors (Lipinski definition) is 3. The summed E-state index contributed by atoms with van der Waals surface area (Å²) in [6.07, 6.45) is 5.60. The Morgan fingerprint density at radius 1 is 1.35 bits per heavy atom. The fourth-order valence-corrected chi connectivity index (χ4v) is 2.62. The van der Waals surface area contributed by atoms with E-state index in [4.69, 9.17) is 0 Å². The van der Waals surface area contributed by atoms with Gasteiger partial charge in [0.25, 0.3) is 0 Å². The molecule has 20 heavy (non-hydrogen) atoms. The topological polar surface area (TPSA) is 55.9 Å². The molecule has 110 valence electrons. The SMILES string of the molecule is CCn1ccnc1CC(O)CCc1c(C)nn(C)c1C. The number of nitrogens with zero attached hydrogens (tertiary/aromatic N) is 4. The molecule has 5 nitrogen and oxygen atoms in total. The van der Waals surface area contributed by atoms with E-state index in [1.165, 1.54) is 11.3 Å². The molecule has 2 aromatic heterocycles. The third-order valence-electron chi connectivity index (χ3n) is 3.95. The number of aryl methyl sites for hydroxylation is 3. The van der Waals surface area contributed by atoms with E-state index in [1.807, 2.05) is 24.9 Å². The van der Waals surface area contributed by atoms with Crippen molar-refractivity contribution in [2.45, 2.75) is 52.7 Å². The van der Waals surface area contributed by atoms with Gasteiger partial charge >= 0.3 is 0 Å². The predicted octanol–water partition coefficient (Wildman–Crippen LogP) is 1.79. The van der Waals surface area contributed by atoms with Gasteiger partial charge in [0.05, 0.1) is 11.8 Å². The molecule has 0 aliphatic heterocycles. The summed E-state index contributed by atoms with van der Waals surface area (Å²) < 4.78 is 3.98. The van der Waals surface area contributed by atoms with E-state index in [0.717, 1.165) is 30.9 Å². The standard InChI is InChI=1S/C15H24N4O/c1-5-19-9-8-16-15(19)10-13(20)6-7-14-11(2)17-18(4)12(14)3/h8-9,13,20H,5-7,10H2,1-4H3. The van der Waals surface area contributed by atoms with Crippen LogP contribution in [0, 0.1) is 13.8 Å². The van der Waals surface area contributed by atoms with Crippen molar-refractivity contribution in [1.82, 2.24) is 19.3 Å². The molecule has 0 saturated heterocycles. The highest BCUT2D eigenvalue weighted by atomic mass is 16.3. The minimum Gasteiger partial charge on any atom is -0.393 e. The zero-order valence-corrected chi connectivity index (χ0v) is 12.8. The van der Waals surface area contributed by atoms with Crippen LogP contribution < -0.4 is 0 Å². The third kappa shape index (κ3) is 3.10. The molecule has 0 aromatic carbocycles. The normalized spacial score (nSPS) is 12.8. The number of imidazole rings is 1. The van der Waals surface area contributed by atoms with Crippen molar-refractivity contribution in [2.75, 3.05) is 0 Å². The first-order valence-corrected chi connectivity index (χ1v) is 7.20. The molecule has 0 bridgehead atoms. The Morgan fingerprint density at radius 2 is 2.10 bits per heavy atom. The Morgan fingerprint density at radius 3 is 2.70 bits per heavy atom. The van der Waals surface area contributed by atoms with Crippen molar-refractivity contribution in [3.63, 3.8) is 0 Å². The second-order valence-electron chi connectivity index (χ2n) is 5.30. The van der Waals surface area contributed by atoms with Gasteiger partial charge in [-0.2, -0.15) is 5.10 Å². The maximum absolute atomic E-state index is 10.2. The number of aliphatic hydroxyl groups excluding tert-OH is 1. The van der Waals surface area contributed by atoms with Gasteiger partial charge in [0.2, 0.25) is 0 Å². The molecular weight excluding hydrogens is 252 g/mol. The van der Waals surface area contributed by atoms with Crippen molar-refractivity contribution >= 4 is 0 Å². The number of rotatable bonds is 6. The molecule has 1 unspecified atom stereocenters. The van der Waals surface area contributed by atoms with Crippen LogP contribution in [-0.2, 0) is 26.4 Å². The second-order valence-corrected chi connectivity index (χ2v) is 5.30. The molecule has 2 rings (SSSR count). The lowest BCUT2D eigenvalue weighted by Crippen LogP contribution is -2.15.